The van der Waals surface area contributed by atoms with Crippen molar-refractivity contribution < 1.29 is 23.5 Å². The number of benzene rings is 1. The van der Waals surface area contributed by atoms with Gasteiger partial charge in [0, 0.05) is 24.4 Å². The molecule has 1 atom stereocenters. The predicted octanol–water partition coefficient (Wildman–Crippen LogP) is 2.74. The maximum absolute atomic E-state index is 13.3. The van der Waals surface area contributed by atoms with E-state index >= 15 is 0 Å². The first kappa shape index (κ1) is 23.5. The molecule has 0 saturated carbocycles. The molecule has 0 aliphatic rings. The van der Waals surface area contributed by atoms with Crippen molar-refractivity contribution in [3.63, 3.8) is 0 Å². The second kappa shape index (κ2) is 10.3. The van der Waals surface area contributed by atoms with Crippen LogP contribution in [0, 0.1) is 11.6 Å². The number of aliphatic hydroxyl groups excluding tert-OH is 1. The molecule has 30 heavy (non-hydrogen) atoms. The van der Waals surface area contributed by atoms with Crippen LogP contribution in [0.15, 0.2) is 30.7 Å². The highest BCUT2D eigenvalue weighted by Gasteiger charge is 2.23. The Balaban J connectivity index is 2.02. The van der Waals surface area contributed by atoms with Crippen molar-refractivity contribution in [3.8, 4) is 0 Å². The zero-order valence-corrected chi connectivity index (χ0v) is 17.4. The van der Waals surface area contributed by atoms with E-state index in [0.717, 1.165) is 18.2 Å². The van der Waals surface area contributed by atoms with E-state index in [1.54, 1.807) is 17.1 Å². The van der Waals surface area contributed by atoms with Crippen LogP contribution in [0.4, 0.5) is 14.6 Å². The third-order valence-electron chi connectivity index (χ3n) is 4.77. The second-order valence-corrected chi connectivity index (χ2v) is 7.80. The van der Waals surface area contributed by atoms with E-state index < -0.39 is 29.5 Å². The lowest BCUT2D eigenvalue weighted by molar-refractivity contribution is -0.126. The third-order valence-corrected chi connectivity index (χ3v) is 4.77. The number of hydrogen-bond acceptors (Lipinski definition) is 4. The zero-order chi connectivity index (χ0) is 22.3. The number of imidazole rings is 1. The van der Waals surface area contributed by atoms with Crippen LogP contribution in [0.2, 0.25) is 0 Å². The average Bonchev–Trinajstić information content (AvgIpc) is 3.09. The number of amides is 2. The zero-order valence-electron chi connectivity index (χ0n) is 17.4. The summed E-state index contributed by atoms with van der Waals surface area (Å²) in [5, 5.41) is 14.5. The van der Waals surface area contributed by atoms with E-state index in [1.165, 1.54) is 0 Å². The molecule has 2 rings (SSSR count). The summed E-state index contributed by atoms with van der Waals surface area (Å²) in [6.07, 6.45) is 4.54. The number of carbonyl (C=O) groups is 2. The van der Waals surface area contributed by atoms with Crippen LogP contribution in [-0.2, 0) is 21.5 Å². The van der Waals surface area contributed by atoms with Crippen molar-refractivity contribution >= 4 is 17.6 Å². The van der Waals surface area contributed by atoms with E-state index in [1.807, 2.05) is 20.8 Å². The molecule has 1 heterocycles. The normalized spacial score (nSPS) is 12.5. The Morgan fingerprint density at radius 3 is 2.50 bits per heavy atom. The number of nitrogens with zero attached hydrogens (tertiary/aromatic N) is 2. The van der Waals surface area contributed by atoms with Gasteiger partial charge in [-0.3, -0.25) is 9.59 Å². The topological polar surface area (TPSA) is 96.2 Å². The first-order valence-electron chi connectivity index (χ1n) is 9.85. The van der Waals surface area contributed by atoms with Gasteiger partial charge in [-0.15, -0.1) is 0 Å². The van der Waals surface area contributed by atoms with Crippen LogP contribution in [0.5, 0.6) is 0 Å². The Morgan fingerprint density at radius 2 is 1.90 bits per heavy atom. The molecule has 0 unspecified atom stereocenters. The number of aliphatic hydroxyl groups is 1. The summed E-state index contributed by atoms with van der Waals surface area (Å²) < 4.78 is 28.4. The fourth-order valence-electron chi connectivity index (χ4n) is 3.04. The Hall–Kier alpha value is -2.81. The average molecular weight is 422 g/mol. The maximum atomic E-state index is 13.3. The number of carbonyl (C=O) groups excluding carboxylic acids is 2. The van der Waals surface area contributed by atoms with Crippen molar-refractivity contribution in [1.82, 2.24) is 14.9 Å². The molecule has 1 aromatic carbocycles. The van der Waals surface area contributed by atoms with Crippen molar-refractivity contribution in [3.05, 3.63) is 47.9 Å². The van der Waals surface area contributed by atoms with Gasteiger partial charge in [0.1, 0.15) is 17.7 Å². The van der Waals surface area contributed by atoms with Gasteiger partial charge in [0.25, 0.3) is 0 Å². The predicted molar refractivity (Wildman–Crippen MR) is 109 cm³/mol. The first-order chi connectivity index (χ1) is 14.1. The maximum Gasteiger partial charge on any atom is 0.248 e. The molecule has 0 saturated heterocycles. The van der Waals surface area contributed by atoms with Gasteiger partial charge in [0.05, 0.1) is 12.7 Å². The van der Waals surface area contributed by atoms with Crippen LogP contribution in [0.3, 0.4) is 0 Å². The monoisotopic (exact) mass is 422 g/mol. The standard InChI is InChI=1S/C21H28F2N4O3/c1-4-5-17(25-19(29)10-14-8-15(22)11-16(23)9-14)20(30)26-18-12-27(13-24-18)21(2,3)6-7-28/h8-9,11-13,17,28H,4-7,10H2,1-3H3,(H,25,29)(H,26,30)/t17-/m0/s1. The smallest absolute Gasteiger partial charge is 0.248 e. The summed E-state index contributed by atoms with van der Waals surface area (Å²) >= 11 is 0. The lowest BCUT2D eigenvalue weighted by Gasteiger charge is -2.25. The number of hydrogen-bond donors (Lipinski definition) is 3. The second-order valence-electron chi connectivity index (χ2n) is 7.80. The fourth-order valence-corrected chi connectivity index (χ4v) is 3.04. The van der Waals surface area contributed by atoms with Gasteiger partial charge in [-0.25, -0.2) is 13.8 Å². The van der Waals surface area contributed by atoms with Crippen molar-refractivity contribution in [2.45, 2.75) is 58.0 Å². The van der Waals surface area contributed by atoms with E-state index in [4.69, 9.17) is 0 Å². The number of aromatic nitrogens is 2. The molecule has 0 bridgehead atoms. The lowest BCUT2D eigenvalue weighted by atomic mass is 10.0. The van der Waals surface area contributed by atoms with Gasteiger partial charge in [0.15, 0.2) is 5.82 Å². The van der Waals surface area contributed by atoms with Gasteiger partial charge in [-0.2, -0.15) is 0 Å². The number of halogens is 2. The molecule has 0 fully saturated rings. The summed E-state index contributed by atoms with van der Waals surface area (Å²) in [5.74, 6) is -2.14. The molecular weight excluding hydrogens is 394 g/mol. The molecule has 9 heteroatoms. The Bertz CT molecular complexity index is 863. The van der Waals surface area contributed by atoms with E-state index in [-0.39, 0.29) is 24.1 Å². The SMILES string of the molecule is CCC[C@H](NC(=O)Cc1cc(F)cc(F)c1)C(=O)Nc1cn(C(C)(C)CCO)cn1. The van der Waals surface area contributed by atoms with Crippen LogP contribution >= 0.6 is 0 Å². The summed E-state index contributed by atoms with van der Waals surface area (Å²) in [6.45, 7) is 5.77. The summed E-state index contributed by atoms with van der Waals surface area (Å²) in [4.78, 5) is 29.1. The van der Waals surface area contributed by atoms with Crippen LogP contribution in [-0.4, -0.2) is 39.1 Å². The summed E-state index contributed by atoms with van der Waals surface area (Å²) in [7, 11) is 0. The highest BCUT2D eigenvalue weighted by molar-refractivity contribution is 5.96. The van der Waals surface area contributed by atoms with Gasteiger partial charge in [0.2, 0.25) is 11.8 Å². The van der Waals surface area contributed by atoms with Crippen LogP contribution < -0.4 is 10.6 Å². The largest absolute Gasteiger partial charge is 0.396 e. The molecule has 0 radical (unpaired) electrons. The van der Waals surface area contributed by atoms with Gasteiger partial charge in [-0.1, -0.05) is 13.3 Å². The highest BCUT2D eigenvalue weighted by Crippen LogP contribution is 2.21. The fraction of sp³-hybridized carbons (Fsp3) is 0.476. The molecule has 7 nitrogen and oxygen atoms in total. The number of anilines is 1. The molecule has 0 spiro atoms. The summed E-state index contributed by atoms with van der Waals surface area (Å²) in [6, 6.07) is 2.09. The number of nitrogens with one attached hydrogen (secondary N) is 2. The Kier molecular flexibility index (Phi) is 8.05. The molecule has 164 valence electrons. The molecule has 0 aliphatic carbocycles. The quantitative estimate of drug-likeness (QED) is 0.549. The molecule has 3 N–H and O–H groups in total. The van der Waals surface area contributed by atoms with Crippen molar-refractivity contribution in [2.75, 3.05) is 11.9 Å². The van der Waals surface area contributed by atoms with Gasteiger partial charge in [-0.05, 0) is 44.4 Å². The van der Waals surface area contributed by atoms with E-state index in [0.29, 0.717) is 25.1 Å². The molecule has 0 aliphatic heterocycles. The van der Waals surface area contributed by atoms with E-state index in [9.17, 15) is 23.5 Å². The van der Waals surface area contributed by atoms with E-state index in [2.05, 4.69) is 15.6 Å². The number of rotatable bonds is 10. The van der Waals surface area contributed by atoms with Gasteiger partial charge >= 0.3 is 0 Å². The highest BCUT2D eigenvalue weighted by atomic mass is 19.1. The van der Waals surface area contributed by atoms with Gasteiger partial charge < -0.3 is 20.3 Å². The minimum absolute atomic E-state index is 0.0205. The molecular formula is C21H28F2N4O3. The minimum atomic E-state index is -0.809. The van der Waals surface area contributed by atoms with Crippen LogP contribution in [0.25, 0.3) is 0 Å². The minimum Gasteiger partial charge on any atom is -0.396 e. The molecule has 1 aromatic heterocycles. The van der Waals surface area contributed by atoms with Crippen molar-refractivity contribution in [1.29, 1.82) is 0 Å². The Labute approximate surface area is 174 Å². The van der Waals surface area contributed by atoms with Crippen LogP contribution in [0.1, 0.15) is 45.6 Å². The summed E-state index contributed by atoms with van der Waals surface area (Å²) in [5.41, 5.74) is -0.187. The van der Waals surface area contributed by atoms with Crippen molar-refractivity contribution in [2.24, 2.45) is 0 Å². The lowest BCUT2D eigenvalue weighted by Crippen LogP contribution is -2.44. The molecule has 2 aromatic rings. The molecule has 2 amide bonds. The third kappa shape index (κ3) is 6.62. The Morgan fingerprint density at radius 1 is 1.23 bits per heavy atom. The first-order valence-corrected chi connectivity index (χ1v) is 9.85.